The van der Waals surface area contributed by atoms with Crippen molar-refractivity contribution >= 4 is 40.0 Å². The molecule has 7 nitrogen and oxygen atoms in total. The number of rotatable bonds is 7. The van der Waals surface area contributed by atoms with Gasteiger partial charge >= 0.3 is 0 Å². The Morgan fingerprint density at radius 2 is 2.00 bits per heavy atom. The Hall–Kier alpha value is -1.07. The average Bonchev–Trinajstić information content (AvgIpc) is 2.62. The summed E-state index contributed by atoms with van der Waals surface area (Å²) in [6, 6.07) is 7.43. The highest BCUT2D eigenvalue weighted by atomic mass is 127. The minimum atomic E-state index is -3.09. The highest BCUT2D eigenvalue weighted by molar-refractivity contribution is 14.0. The molecule has 1 aromatic carbocycles. The van der Waals surface area contributed by atoms with Crippen LogP contribution in [-0.4, -0.2) is 61.8 Å². The lowest BCUT2D eigenvalue weighted by molar-refractivity contribution is 0.306. The smallest absolute Gasteiger partial charge is 0.213 e. The largest absolute Gasteiger partial charge is 0.508 e. The molecule has 1 aliphatic rings. The summed E-state index contributed by atoms with van der Waals surface area (Å²) in [6.45, 7) is 6.18. The van der Waals surface area contributed by atoms with E-state index in [1.165, 1.54) is 0 Å². The Morgan fingerprint density at radius 1 is 1.30 bits per heavy atom. The van der Waals surface area contributed by atoms with Gasteiger partial charge in [-0.05, 0) is 50.8 Å². The molecule has 0 saturated carbocycles. The molecular formula is C18H31IN4O3S. The van der Waals surface area contributed by atoms with E-state index in [0.717, 1.165) is 37.3 Å². The lowest BCUT2D eigenvalue weighted by Gasteiger charge is -2.32. The van der Waals surface area contributed by atoms with Crippen LogP contribution in [0.3, 0.4) is 0 Å². The van der Waals surface area contributed by atoms with Gasteiger partial charge in [-0.2, -0.15) is 0 Å². The highest BCUT2D eigenvalue weighted by Gasteiger charge is 2.26. The summed E-state index contributed by atoms with van der Waals surface area (Å²) in [7, 11) is -3.09. The summed E-state index contributed by atoms with van der Waals surface area (Å²) < 4.78 is 25.5. The third-order valence-corrected chi connectivity index (χ3v) is 6.36. The Kier molecular flexibility index (Phi) is 10.4. The molecule has 0 bridgehead atoms. The van der Waals surface area contributed by atoms with Gasteiger partial charge in [0.2, 0.25) is 10.0 Å². The van der Waals surface area contributed by atoms with E-state index in [2.05, 4.69) is 15.6 Å². The number of piperidine rings is 1. The number of nitrogens with zero attached hydrogens (tertiary/aromatic N) is 2. The second-order valence-electron chi connectivity index (χ2n) is 6.40. The van der Waals surface area contributed by atoms with E-state index in [4.69, 9.17) is 0 Å². The maximum Gasteiger partial charge on any atom is 0.213 e. The number of aromatic hydroxyl groups is 1. The number of phenols is 1. The lowest BCUT2D eigenvalue weighted by Crippen LogP contribution is -2.50. The standard InChI is InChI=1S/C18H30N4O3S.HI/c1-3-19-18(20-11-8-15-6-5-7-17(23)14-15)21-16-9-12-22(13-10-16)26(24,25)4-2;/h5-7,14,16,23H,3-4,8-13H2,1-2H3,(H2,19,20,21);1H. The zero-order valence-electron chi connectivity index (χ0n) is 16.0. The number of hydrogen-bond donors (Lipinski definition) is 3. The number of nitrogens with one attached hydrogen (secondary N) is 2. The summed E-state index contributed by atoms with van der Waals surface area (Å²) in [5, 5.41) is 16.2. The zero-order valence-corrected chi connectivity index (χ0v) is 19.2. The van der Waals surface area contributed by atoms with Gasteiger partial charge in [0.15, 0.2) is 5.96 Å². The third kappa shape index (κ3) is 7.82. The second-order valence-corrected chi connectivity index (χ2v) is 8.66. The van der Waals surface area contributed by atoms with Gasteiger partial charge in [0.05, 0.1) is 5.75 Å². The van der Waals surface area contributed by atoms with Gasteiger partial charge in [-0.15, -0.1) is 24.0 Å². The van der Waals surface area contributed by atoms with E-state index in [1.807, 2.05) is 19.1 Å². The molecule has 2 rings (SSSR count). The van der Waals surface area contributed by atoms with Crippen LogP contribution in [0.2, 0.25) is 0 Å². The van der Waals surface area contributed by atoms with Crippen molar-refractivity contribution in [3.63, 3.8) is 0 Å². The third-order valence-electron chi connectivity index (χ3n) is 4.48. The number of aliphatic imine (C=N–C) groups is 1. The molecule has 154 valence electrons. The maximum atomic E-state index is 11.9. The van der Waals surface area contributed by atoms with Crippen LogP contribution < -0.4 is 10.6 Å². The van der Waals surface area contributed by atoms with Crippen LogP contribution in [0.25, 0.3) is 0 Å². The highest BCUT2D eigenvalue weighted by Crippen LogP contribution is 2.14. The summed E-state index contributed by atoms with van der Waals surface area (Å²) in [5.41, 5.74) is 1.04. The van der Waals surface area contributed by atoms with Gasteiger partial charge in [-0.25, -0.2) is 12.7 Å². The van der Waals surface area contributed by atoms with Crippen molar-refractivity contribution in [2.24, 2.45) is 4.99 Å². The molecule has 0 aliphatic carbocycles. The first-order valence-corrected chi connectivity index (χ1v) is 10.9. The van der Waals surface area contributed by atoms with Crippen molar-refractivity contribution in [2.75, 3.05) is 31.9 Å². The molecule has 0 radical (unpaired) electrons. The Morgan fingerprint density at radius 3 is 2.59 bits per heavy atom. The summed E-state index contributed by atoms with van der Waals surface area (Å²) in [5.74, 6) is 1.18. The normalized spacial score (nSPS) is 16.6. The molecule has 1 aliphatic heterocycles. The van der Waals surface area contributed by atoms with E-state index < -0.39 is 10.0 Å². The van der Waals surface area contributed by atoms with Gasteiger partial charge in [0, 0.05) is 32.2 Å². The Bertz CT molecular complexity index is 704. The fourth-order valence-corrected chi connectivity index (χ4v) is 4.12. The number of phenolic OH excluding ortho intramolecular Hbond substituents is 1. The minimum Gasteiger partial charge on any atom is -0.508 e. The molecule has 9 heteroatoms. The van der Waals surface area contributed by atoms with E-state index in [9.17, 15) is 13.5 Å². The van der Waals surface area contributed by atoms with Gasteiger partial charge in [-0.1, -0.05) is 12.1 Å². The monoisotopic (exact) mass is 510 g/mol. The number of benzene rings is 1. The van der Waals surface area contributed by atoms with Crippen LogP contribution in [0.4, 0.5) is 0 Å². The van der Waals surface area contributed by atoms with Crippen molar-refractivity contribution in [1.82, 2.24) is 14.9 Å². The van der Waals surface area contributed by atoms with E-state index in [-0.39, 0.29) is 41.5 Å². The second kappa shape index (κ2) is 11.7. The summed E-state index contributed by atoms with van der Waals surface area (Å²) >= 11 is 0. The molecule has 3 N–H and O–H groups in total. The number of sulfonamides is 1. The molecule has 27 heavy (non-hydrogen) atoms. The Balaban J connectivity index is 0.00000364. The minimum absolute atomic E-state index is 0. The molecular weight excluding hydrogens is 479 g/mol. The van der Waals surface area contributed by atoms with Crippen LogP contribution in [0.15, 0.2) is 29.3 Å². The molecule has 1 fully saturated rings. The van der Waals surface area contributed by atoms with Crippen molar-refractivity contribution < 1.29 is 13.5 Å². The predicted molar refractivity (Wildman–Crippen MR) is 120 cm³/mol. The quantitative estimate of drug-likeness (QED) is 0.296. The van der Waals surface area contributed by atoms with Crippen LogP contribution in [-0.2, 0) is 16.4 Å². The molecule has 0 unspecified atom stereocenters. The molecule has 0 spiro atoms. The first-order valence-electron chi connectivity index (χ1n) is 9.25. The van der Waals surface area contributed by atoms with Gasteiger partial charge in [0.1, 0.15) is 5.75 Å². The predicted octanol–water partition coefficient (Wildman–Crippen LogP) is 1.92. The SMILES string of the molecule is CCNC(=NCCc1cccc(O)c1)NC1CCN(S(=O)(=O)CC)CC1.I. The molecule has 0 amide bonds. The van der Waals surface area contributed by atoms with Gasteiger partial charge in [-0.3, -0.25) is 4.99 Å². The molecule has 1 aromatic rings. The van der Waals surface area contributed by atoms with Crippen LogP contribution in [0.5, 0.6) is 5.75 Å². The van der Waals surface area contributed by atoms with E-state index in [1.54, 1.807) is 23.4 Å². The summed E-state index contributed by atoms with van der Waals surface area (Å²) in [6.07, 6.45) is 2.30. The fraction of sp³-hybridized carbons (Fsp3) is 0.611. The van der Waals surface area contributed by atoms with Crippen molar-refractivity contribution in [2.45, 2.75) is 39.2 Å². The number of halogens is 1. The maximum absolute atomic E-state index is 11.9. The topological polar surface area (TPSA) is 94.0 Å². The van der Waals surface area contributed by atoms with Crippen molar-refractivity contribution in [3.05, 3.63) is 29.8 Å². The fourth-order valence-electron chi connectivity index (χ4n) is 2.98. The van der Waals surface area contributed by atoms with E-state index in [0.29, 0.717) is 19.6 Å². The van der Waals surface area contributed by atoms with Crippen LogP contribution in [0, 0.1) is 0 Å². The van der Waals surface area contributed by atoms with Crippen LogP contribution in [0.1, 0.15) is 32.3 Å². The first kappa shape index (κ1) is 24.0. The molecule has 1 heterocycles. The van der Waals surface area contributed by atoms with Gasteiger partial charge < -0.3 is 15.7 Å². The molecule has 1 saturated heterocycles. The molecule has 0 atom stereocenters. The van der Waals surface area contributed by atoms with Crippen molar-refractivity contribution in [3.8, 4) is 5.75 Å². The number of hydrogen-bond acceptors (Lipinski definition) is 4. The summed E-state index contributed by atoms with van der Waals surface area (Å²) in [4.78, 5) is 4.60. The zero-order chi connectivity index (χ0) is 19.0. The average molecular weight is 510 g/mol. The number of guanidine groups is 1. The van der Waals surface area contributed by atoms with E-state index >= 15 is 0 Å². The Labute approximate surface area is 179 Å². The van der Waals surface area contributed by atoms with Crippen molar-refractivity contribution in [1.29, 1.82) is 0 Å². The van der Waals surface area contributed by atoms with Crippen LogP contribution >= 0.6 is 24.0 Å². The molecule has 0 aromatic heterocycles. The lowest BCUT2D eigenvalue weighted by atomic mass is 10.1. The van der Waals surface area contributed by atoms with Gasteiger partial charge in [0.25, 0.3) is 0 Å². The first-order chi connectivity index (χ1) is 12.4.